The summed E-state index contributed by atoms with van der Waals surface area (Å²) in [5.74, 6) is -0.198. The Balaban J connectivity index is 1.46. The number of aliphatic hydroxyl groups is 1. The Morgan fingerprint density at radius 2 is 2.27 bits per heavy atom. The molecule has 0 bridgehead atoms. The van der Waals surface area contributed by atoms with E-state index in [1.165, 1.54) is 0 Å². The number of aliphatic hydroxyl groups excluding tert-OH is 1. The molecule has 0 aromatic carbocycles. The van der Waals surface area contributed by atoms with E-state index in [1.54, 1.807) is 15.4 Å². The highest BCUT2D eigenvalue weighted by molar-refractivity contribution is 5.93. The van der Waals surface area contributed by atoms with Gasteiger partial charge in [0.05, 0.1) is 17.8 Å². The molecule has 1 aliphatic heterocycles. The van der Waals surface area contributed by atoms with Crippen molar-refractivity contribution in [2.75, 3.05) is 13.1 Å². The summed E-state index contributed by atoms with van der Waals surface area (Å²) in [4.78, 5) is 14.8. The average molecular weight is 354 g/mol. The van der Waals surface area contributed by atoms with Crippen molar-refractivity contribution in [3.05, 3.63) is 53.6 Å². The molecule has 4 heterocycles. The predicted molar refractivity (Wildman–Crippen MR) is 95.5 cm³/mol. The number of nitrogens with one attached hydrogen (secondary N) is 1. The number of fused-ring (bicyclic) bond motifs is 1. The lowest BCUT2D eigenvalue weighted by molar-refractivity contribution is 0.0943. The van der Waals surface area contributed by atoms with Crippen molar-refractivity contribution in [2.45, 2.75) is 25.6 Å². The summed E-state index contributed by atoms with van der Waals surface area (Å²) in [5.41, 5.74) is 3.24. The fourth-order valence-electron chi connectivity index (χ4n) is 3.42. The molecule has 1 amide bonds. The summed E-state index contributed by atoms with van der Waals surface area (Å²) in [6.07, 6.45) is 6.01. The maximum absolute atomic E-state index is 12.7. The zero-order valence-electron chi connectivity index (χ0n) is 14.7. The van der Waals surface area contributed by atoms with Crippen LogP contribution >= 0.6 is 0 Å². The van der Waals surface area contributed by atoms with Gasteiger partial charge < -0.3 is 10.4 Å². The van der Waals surface area contributed by atoms with Gasteiger partial charge in [-0.2, -0.15) is 10.2 Å². The van der Waals surface area contributed by atoms with Crippen LogP contribution in [0.2, 0.25) is 0 Å². The minimum atomic E-state index is -0.278. The van der Waals surface area contributed by atoms with Crippen LogP contribution in [0.3, 0.4) is 0 Å². The van der Waals surface area contributed by atoms with Crippen LogP contribution in [0.1, 0.15) is 28.0 Å². The molecule has 1 aliphatic rings. The molecule has 0 saturated carbocycles. The van der Waals surface area contributed by atoms with Crippen molar-refractivity contribution < 1.29 is 9.90 Å². The molecule has 0 spiro atoms. The lowest BCUT2D eigenvalue weighted by Gasteiger charge is -2.14. The number of rotatable bonds is 5. The quantitative estimate of drug-likeness (QED) is 0.699. The van der Waals surface area contributed by atoms with Crippen molar-refractivity contribution >= 4 is 11.4 Å². The van der Waals surface area contributed by atoms with Crippen LogP contribution in [0.5, 0.6) is 0 Å². The monoisotopic (exact) mass is 354 g/mol. The SMILES string of the molecule is Cn1cc(CN2CCC(O)C2)c(C(=O)NCc2cnn3ccccc23)n1. The Morgan fingerprint density at radius 1 is 1.38 bits per heavy atom. The highest BCUT2D eigenvalue weighted by atomic mass is 16.3. The Kier molecular flexibility index (Phi) is 4.44. The van der Waals surface area contributed by atoms with Gasteiger partial charge in [0.2, 0.25) is 0 Å². The van der Waals surface area contributed by atoms with Crippen LogP contribution in [0.15, 0.2) is 36.8 Å². The van der Waals surface area contributed by atoms with Crippen LogP contribution in [-0.4, -0.2) is 54.5 Å². The van der Waals surface area contributed by atoms with Crippen molar-refractivity contribution in [1.29, 1.82) is 0 Å². The van der Waals surface area contributed by atoms with E-state index in [-0.39, 0.29) is 12.0 Å². The average Bonchev–Trinajstić information content (AvgIpc) is 3.32. The number of carbonyl (C=O) groups is 1. The summed E-state index contributed by atoms with van der Waals surface area (Å²) >= 11 is 0. The van der Waals surface area contributed by atoms with E-state index in [9.17, 15) is 9.90 Å². The second-order valence-electron chi connectivity index (χ2n) is 6.74. The third-order valence-electron chi connectivity index (χ3n) is 4.71. The molecule has 26 heavy (non-hydrogen) atoms. The van der Waals surface area contributed by atoms with Gasteiger partial charge in [0.25, 0.3) is 5.91 Å². The first kappa shape index (κ1) is 16.7. The minimum Gasteiger partial charge on any atom is -0.392 e. The van der Waals surface area contributed by atoms with Gasteiger partial charge in [-0.15, -0.1) is 0 Å². The zero-order chi connectivity index (χ0) is 18.1. The minimum absolute atomic E-state index is 0.198. The number of β-amino-alcohol motifs (C(OH)–C–C–N with tert-alkyl or cyclic N) is 1. The number of likely N-dealkylation sites (tertiary alicyclic amines) is 1. The predicted octanol–water partition coefficient (Wildman–Crippen LogP) is 0.564. The smallest absolute Gasteiger partial charge is 0.272 e. The molecule has 1 saturated heterocycles. The lowest BCUT2D eigenvalue weighted by Crippen LogP contribution is -2.27. The molecule has 0 aliphatic carbocycles. The zero-order valence-corrected chi connectivity index (χ0v) is 14.7. The van der Waals surface area contributed by atoms with Gasteiger partial charge in [0.15, 0.2) is 5.69 Å². The van der Waals surface area contributed by atoms with Crippen LogP contribution in [0.4, 0.5) is 0 Å². The van der Waals surface area contributed by atoms with Crippen molar-refractivity contribution in [3.8, 4) is 0 Å². The molecule has 3 aromatic heterocycles. The van der Waals surface area contributed by atoms with E-state index in [2.05, 4.69) is 20.4 Å². The maximum atomic E-state index is 12.7. The summed E-state index contributed by atoms with van der Waals surface area (Å²) in [5, 5.41) is 21.2. The first-order valence-electron chi connectivity index (χ1n) is 8.72. The molecule has 1 atom stereocenters. The second kappa shape index (κ2) is 6.89. The molecule has 4 rings (SSSR count). The normalized spacial score (nSPS) is 17.8. The number of hydrogen-bond donors (Lipinski definition) is 2. The van der Waals surface area contributed by atoms with E-state index >= 15 is 0 Å². The Hall–Kier alpha value is -2.71. The molecule has 0 radical (unpaired) electrons. The third kappa shape index (κ3) is 3.33. The van der Waals surface area contributed by atoms with Gasteiger partial charge in [0, 0.05) is 56.7 Å². The Morgan fingerprint density at radius 3 is 3.08 bits per heavy atom. The molecule has 3 aromatic rings. The van der Waals surface area contributed by atoms with E-state index in [1.807, 2.05) is 37.6 Å². The molecule has 1 unspecified atom stereocenters. The number of nitrogens with zero attached hydrogens (tertiary/aromatic N) is 5. The van der Waals surface area contributed by atoms with E-state index in [0.29, 0.717) is 25.3 Å². The van der Waals surface area contributed by atoms with Crippen LogP contribution in [-0.2, 0) is 20.1 Å². The Labute approximate surface area is 151 Å². The van der Waals surface area contributed by atoms with E-state index in [0.717, 1.165) is 29.6 Å². The van der Waals surface area contributed by atoms with Crippen LogP contribution in [0.25, 0.3) is 5.52 Å². The van der Waals surface area contributed by atoms with Crippen molar-refractivity contribution in [2.24, 2.45) is 7.05 Å². The number of pyridine rings is 1. The standard InChI is InChI=1S/C18H22N6O2/c1-22-10-14(11-23-7-5-15(25)12-23)17(21-22)18(26)19-8-13-9-20-24-6-3-2-4-16(13)24/h2-4,6,9-10,15,25H,5,7-8,11-12H2,1H3,(H,19,26). The van der Waals surface area contributed by atoms with Gasteiger partial charge in [-0.05, 0) is 18.6 Å². The number of amides is 1. The van der Waals surface area contributed by atoms with E-state index in [4.69, 9.17) is 0 Å². The van der Waals surface area contributed by atoms with Crippen molar-refractivity contribution in [3.63, 3.8) is 0 Å². The van der Waals surface area contributed by atoms with Gasteiger partial charge in [0.1, 0.15) is 0 Å². The summed E-state index contributed by atoms with van der Waals surface area (Å²) in [6, 6.07) is 5.83. The molecular formula is C18H22N6O2. The first-order valence-corrected chi connectivity index (χ1v) is 8.72. The van der Waals surface area contributed by atoms with Crippen LogP contribution in [0, 0.1) is 0 Å². The number of aryl methyl sites for hydroxylation is 1. The first-order chi connectivity index (χ1) is 12.6. The molecular weight excluding hydrogens is 332 g/mol. The van der Waals surface area contributed by atoms with E-state index < -0.39 is 0 Å². The largest absolute Gasteiger partial charge is 0.392 e. The summed E-state index contributed by atoms with van der Waals surface area (Å²) in [7, 11) is 1.81. The lowest BCUT2D eigenvalue weighted by atomic mass is 10.2. The third-order valence-corrected chi connectivity index (χ3v) is 4.71. The van der Waals surface area contributed by atoms with Gasteiger partial charge in [-0.25, -0.2) is 4.52 Å². The summed E-state index contributed by atoms with van der Waals surface area (Å²) < 4.78 is 3.44. The number of aromatic nitrogens is 4. The molecule has 8 heteroatoms. The summed E-state index contributed by atoms with van der Waals surface area (Å²) in [6.45, 7) is 2.48. The van der Waals surface area contributed by atoms with Gasteiger partial charge in [-0.1, -0.05) is 6.07 Å². The maximum Gasteiger partial charge on any atom is 0.272 e. The molecule has 1 fully saturated rings. The van der Waals surface area contributed by atoms with Gasteiger partial charge >= 0.3 is 0 Å². The highest BCUT2D eigenvalue weighted by Crippen LogP contribution is 2.16. The van der Waals surface area contributed by atoms with Gasteiger partial charge in [-0.3, -0.25) is 14.4 Å². The van der Waals surface area contributed by atoms with Crippen LogP contribution < -0.4 is 5.32 Å². The molecule has 2 N–H and O–H groups in total. The fourth-order valence-corrected chi connectivity index (χ4v) is 3.42. The molecule has 8 nitrogen and oxygen atoms in total. The fraction of sp³-hybridized carbons (Fsp3) is 0.389. The number of carbonyl (C=O) groups excluding carboxylic acids is 1. The second-order valence-corrected chi connectivity index (χ2v) is 6.74. The molecule has 136 valence electrons. The Bertz CT molecular complexity index is 931. The topological polar surface area (TPSA) is 87.7 Å². The van der Waals surface area contributed by atoms with Crippen molar-refractivity contribution in [1.82, 2.24) is 29.6 Å². The number of hydrogen-bond acceptors (Lipinski definition) is 5. The highest BCUT2D eigenvalue weighted by Gasteiger charge is 2.24.